The fraction of sp³-hybridized carbons (Fsp3) is 0.222. The van der Waals surface area contributed by atoms with Gasteiger partial charge < -0.3 is 4.74 Å². The molecule has 5 atom stereocenters. The van der Waals surface area contributed by atoms with Gasteiger partial charge in [0, 0.05) is 22.6 Å². The van der Waals surface area contributed by atoms with E-state index in [9.17, 15) is 9.59 Å². The van der Waals surface area contributed by atoms with E-state index in [-0.39, 0.29) is 22.6 Å². The van der Waals surface area contributed by atoms with Crippen LogP contribution in [-0.2, 0) is 14.3 Å². The van der Waals surface area contributed by atoms with Crippen LogP contribution in [0.15, 0.2) is 132 Å². The molecule has 0 aliphatic carbocycles. The molecule has 2 fully saturated rings. The van der Waals surface area contributed by atoms with Gasteiger partial charge in [-0.3, -0.25) is 0 Å². The number of hydrogen-bond acceptors (Lipinski definition) is 3. The standard InChI is InChI=1S/C36H32O3P2/c37-35-33(40-29(25-13-5-1-6-14-25)21-22-30(40)26-15-7-2-8-16-26)34(36(38)39-35)41-31(27-17-9-3-10-18-27)23-24-32(41)28-19-11-4-12-20-28/h1-20,29-32H,21-24H2/t29-,30-,31-,32?,41?/m0/s1. The van der Waals surface area contributed by atoms with Gasteiger partial charge in [0.1, 0.15) is 0 Å². The smallest absolute Gasteiger partial charge is 0.347 e. The fourth-order valence-corrected chi connectivity index (χ4v) is 14.8. The highest BCUT2D eigenvalue weighted by molar-refractivity contribution is 7.69. The number of cyclic esters (lactones) is 2. The number of ether oxygens (including phenoxy) is 1. The van der Waals surface area contributed by atoms with E-state index in [1.807, 2.05) is 24.3 Å². The molecule has 0 radical (unpaired) electrons. The summed E-state index contributed by atoms with van der Waals surface area (Å²) in [5, 5.41) is 1.44. The number of carbonyl (C=O) groups excluding carboxylic acids is 2. The molecule has 5 heteroatoms. The van der Waals surface area contributed by atoms with E-state index in [0.717, 1.165) is 36.3 Å². The minimum atomic E-state index is -1.02. The number of carbonyl (C=O) groups is 2. The molecule has 3 nitrogen and oxygen atoms in total. The maximum atomic E-state index is 13.9. The van der Waals surface area contributed by atoms with Crippen LogP contribution in [0.25, 0.3) is 0 Å². The van der Waals surface area contributed by atoms with Crippen molar-refractivity contribution in [3.05, 3.63) is 154 Å². The number of benzene rings is 4. The fourth-order valence-electron chi connectivity index (χ4n) is 7.09. The molecule has 0 N–H and O–H groups in total. The highest BCUT2D eigenvalue weighted by Crippen LogP contribution is 2.81. The highest BCUT2D eigenvalue weighted by atomic mass is 31.1. The van der Waals surface area contributed by atoms with Crippen LogP contribution in [0.4, 0.5) is 0 Å². The molecule has 0 aromatic heterocycles. The lowest BCUT2D eigenvalue weighted by molar-refractivity contribution is -0.150. The lowest BCUT2D eigenvalue weighted by Gasteiger charge is -2.31. The van der Waals surface area contributed by atoms with Crippen molar-refractivity contribution >= 4 is 27.8 Å². The Labute approximate surface area is 244 Å². The quantitative estimate of drug-likeness (QED) is 0.131. The van der Waals surface area contributed by atoms with Crippen LogP contribution in [0.2, 0.25) is 0 Å². The summed E-state index contributed by atoms with van der Waals surface area (Å²) in [5.74, 6) is -0.791. The molecule has 7 rings (SSSR count). The van der Waals surface area contributed by atoms with Gasteiger partial charge in [0.25, 0.3) is 0 Å². The van der Waals surface area contributed by atoms with Gasteiger partial charge in [0.15, 0.2) is 0 Å². The lowest BCUT2D eigenvalue weighted by atomic mass is 10.0. The largest absolute Gasteiger partial charge is 0.386 e. The van der Waals surface area contributed by atoms with E-state index < -0.39 is 27.8 Å². The molecule has 41 heavy (non-hydrogen) atoms. The van der Waals surface area contributed by atoms with Crippen molar-refractivity contribution in [3.63, 3.8) is 0 Å². The van der Waals surface area contributed by atoms with E-state index in [1.54, 1.807) is 0 Å². The summed E-state index contributed by atoms with van der Waals surface area (Å²) in [6.07, 6.45) is 3.98. The molecule has 4 aromatic rings. The minimum absolute atomic E-state index is 0.211. The SMILES string of the molecule is O=C1OC(=O)C(P2[C@H](c3ccccc3)CC[C@H]2c2ccccc2)=C1P1C(c2ccccc2)CC[C@H]1c1ccccc1. The third-order valence-corrected chi connectivity index (χ3v) is 15.8. The summed E-state index contributed by atoms with van der Waals surface area (Å²) >= 11 is 0. The van der Waals surface area contributed by atoms with E-state index in [4.69, 9.17) is 4.74 Å². The molecule has 0 amide bonds. The van der Waals surface area contributed by atoms with Crippen LogP contribution >= 0.6 is 15.8 Å². The first-order valence-electron chi connectivity index (χ1n) is 14.5. The van der Waals surface area contributed by atoms with E-state index in [1.165, 1.54) is 22.3 Å². The topological polar surface area (TPSA) is 43.4 Å². The Morgan fingerprint density at radius 1 is 0.415 bits per heavy atom. The average Bonchev–Trinajstić information content (AvgIpc) is 3.73. The van der Waals surface area contributed by atoms with Gasteiger partial charge >= 0.3 is 11.9 Å². The summed E-state index contributed by atoms with van der Waals surface area (Å²) in [4.78, 5) is 27.8. The van der Waals surface area contributed by atoms with Crippen LogP contribution < -0.4 is 0 Å². The second kappa shape index (κ2) is 11.5. The van der Waals surface area contributed by atoms with Gasteiger partial charge in [-0.2, -0.15) is 0 Å². The Bertz CT molecular complexity index is 1360. The first kappa shape index (κ1) is 26.5. The molecule has 3 aliphatic heterocycles. The van der Waals surface area contributed by atoms with E-state index in [0.29, 0.717) is 0 Å². The van der Waals surface area contributed by atoms with Crippen molar-refractivity contribution in [2.75, 3.05) is 0 Å². The van der Waals surface area contributed by atoms with Crippen LogP contribution in [0.3, 0.4) is 0 Å². The zero-order valence-corrected chi connectivity index (χ0v) is 24.6. The molecule has 0 bridgehead atoms. The third-order valence-electron chi connectivity index (χ3n) is 8.82. The second-order valence-electron chi connectivity index (χ2n) is 11.0. The lowest BCUT2D eigenvalue weighted by Crippen LogP contribution is -2.05. The molecule has 3 aliphatic rings. The predicted octanol–water partition coefficient (Wildman–Crippen LogP) is 9.80. The molecule has 2 saturated heterocycles. The number of esters is 2. The molecular weight excluding hydrogens is 542 g/mol. The molecule has 0 saturated carbocycles. The van der Waals surface area contributed by atoms with Crippen molar-refractivity contribution in [1.82, 2.24) is 0 Å². The zero-order valence-electron chi connectivity index (χ0n) is 22.8. The predicted molar refractivity (Wildman–Crippen MR) is 167 cm³/mol. The van der Waals surface area contributed by atoms with Gasteiger partial charge in [-0.1, -0.05) is 137 Å². The first-order valence-corrected chi connectivity index (χ1v) is 17.4. The number of rotatable bonds is 6. The zero-order chi connectivity index (χ0) is 27.8. The Morgan fingerprint density at radius 3 is 0.902 bits per heavy atom. The van der Waals surface area contributed by atoms with Crippen molar-refractivity contribution in [3.8, 4) is 0 Å². The van der Waals surface area contributed by atoms with E-state index >= 15 is 0 Å². The average molecular weight is 575 g/mol. The maximum absolute atomic E-state index is 13.9. The Hall–Kier alpha value is -3.38. The first-order chi connectivity index (χ1) is 20.2. The molecule has 0 spiro atoms. The molecule has 204 valence electrons. The monoisotopic (exact) mass is 574 g/mol. The van der Waals surface area contributed by atoms with Gasteiger partial charge in [0.05, 0.1) is 10.6 Å². The van der Waals surface area contributed by atoms with Crippen LogP contribution in [-0.4, -0.2) is 11.9 Å². The van der Waals surface area contributed by atoms with Crippen molar-refractivity contribution in [1.29, 1.82) is 0 Å². The molecular formula is C36H32O3P2. The highest BCUT2D eigenvalue weighted by Gasteiger charge is 2.52. The van der Waals surface area contributed by atoms with Crippen LogP contribution in [0.1, 0.15) is 70.6 Å². The maximum Gasteiger partial charge on any atom is 0.347 e. The Kier molecular flexibility index (Phi) is 7.42. The summed E-state index contributed by atoms with van der Waals surface area (Å²) in [7, 11) is -2.05. The van der Waals surface area contributed by atoms with Crippen molar-refractivity contribution in [2.24, 2.45) is 0 Å². The van der Waals surface area contributed by atoms with Crippen LogP contribution in [0, 0.1) is 0 Å². The Balaban J connectivity index is 1.43. The second-order valence-corrected chi connectivity index (χ2v) is 16.1. The van der Waals surface area contributed by atoms with Crippen LogP contribution in [0.5, 0.6) is 0 Å². The summed E-state index contributed by atoms with van der Waals surface area (Å²) in [5.41, 5.74) is 5.88. The Morgan fingerprint density at radius 2 is 0.659 bits per heavy atom. The molecule has 2 unspecified atom stereocenters. The van der Waals surface area contributed by atoms with Crippen molar-refractivity contribution < 1.29 is 14.3 Å². The van der Waals surface area contributed by atoms with Gasteiger partial charge in [-0.05, 0) is 47.9 Å². The number of hydrogen-bond donors (Lipinski definition) is 0. The normalized spacial score (nSPS) is 26.5. The summed E-state index contributed by atoms with van der Waals surface area (Å²) in [6, 6.07) is 42.4. The molecule has 3 heterocycles. The van der Waals surface area contributed by atoms with E-state index in [2.05, 4.69) is 97.1 Å². The minimum Gasteiger partial charge on any atom is -0.386 e. The molecule has 4 aromatic carbocycles. The third kappa shape index (κ3) is 4.90. The summed E-state index contributed by atoms with van der Waals surface area (Å²) < 4.78 is 5.63. The van der Waals surface area contributed by atoms with Crippen molar-refractivity contribution in [2.45, 2.75) is 48.3 Å². The summed E-state index contributed by atoms with van der Waals surface area (Å²) in [6.45, 7) is 0. The van der Waals surface area contributed by atoms with Gasteiger partial charge in [0.2, 0.25) is 0 Å². The van der Waals surface area contributed by atoms with Gasteiger partial charge in [-0.15, -0.1) is 0 Å². The van der Waals surface area contributed by atoms with Gasteiger partial charge in [-0.25, -0.2) is 9.59 Å².